The normalized spacial score (nSPS) is 17.4. The van der Waals surface area contributed by atoms with E-state index in [1.807, 2.05) is 54.6 Å². The average molecular weight is 506 g/mol. The summed E-state index contributed by atoms with van der Waals surface area (Å²) in [6, 6.07) is 18.8. The molecule has 1 N–H and O–H groups in total. The summed E-state index contributed by atoms with van der Waals surface area (Å²) in [6.45, 7) is 6.31. The number of carbonyl (C=O) groups is 2. The largest absolute Gasteiger partial charge is 0.507 e. The molecule has 6 nitrogen and oxygen atoms in total. The fraction of sp³-hybridized carbons (Fsp3) is 0.241. The predicted molar refractivity (Wildman–Crippen MR) is 141 cm³/mol. The van der Waals surface area contributed by atoms with Crippen LogP contribution in [0.5, 0.6) is 11.5 Å². The summed E-state index contributed by atoms with van der Waals surface area (Å²) in [7, 11) is 2.88. The number of carbonyl (C=O) groups excluding carboxylic acids is 2. The number of hydrogen-bond donors (Lipinski definition) is 1. The molecule has 4 rings (SSSR count). The van der Waals surface area contributed by atoms with Crippen molar-refractivity contribution in [3.63, 3.8) is 0 Å². The van der Waals surface area contributed by atoms with Crippen molar-refractivity contribution < 1.29 is 24.2 Å². The number of benzene rings is 3. The minimum Gasteiger partial charge on any atom is -0.507 e. The number of anilines is 1. The molecular formula is C29H28ClNO5. The second-order valence-corrected chi connectivity index (χ2v) is 9.97. The van der Waals surface area contributed by atoms with Gasteiger partial charge in [-0.25, -0.2) is 0 Å². The minimum atomic E-state index is -0.849. The van der Waals surface area contributed by atoms with Crippen LogP contribution >= 0.6 is 11.6 Å². The van der Waals surface area contributed by atoms with Crippen LogP contribution in [0.15, 0.2) is 72.3 Å². The summed E-state index contributed by atoms with van der Waals surface area (Å²) < 4.78 is 10.7. The number of ether oxygens (including phenoxy) is 2. The topological polar surface area (TPSA) is 76.1 Å². The Bertz CT molecular complexity index is 1340. The van der Waals surface area contributed by atoms with Crippen molar-refractivity contribution in [2.45, 2.75) is 32.2 Å². The molecule has 1 saturated heterocycles. The number of aliphatic hydroxyl groups excluding tert-OH is 1. The van der Waals surface area contributed by atoms with Crippen LogP contribution in [-0.4, -0.2) is 31.0 Å². The molecule has 1 fully saturated rings. The second-order valence-electron chi connectivity index (χ2n) is 9.56. The lowest BCUT2D eigenvalue weighted by molar-refractivity contribution is -0.132. The van der Waals surface area contributed by atoms with Gasteiger partial charge in [0.2, 0.25) is 0 Å². The molecule has 1 aliphatic heterocycles. The van der Waals surface area contributed by atoms with Gasteiger partial charge in [-0.3, -0.25) is 14.5 Å². The van der Waals surface area contributed by atoms with Crippen molar-refractivity contribution in [2.24, 2.45) is 0 Å². The molecular weight excluding hydrogens is 478 g/mol. The Morgan fingerprint density at radius 2 is 1.53 bits per heavy atom. The number of methoxy groups -OCH3 is 2. The number of ketones is 1. The van der Waals surface area contributed by atoms with Gasteiger partial charge in [-0.1, -0.05) is 74.8 Å². The van der Waals surface area contributed by atoms with E-state index in [9.17, 15) is 14.7 Å². The lowest BCUT2D eigenvalue weighted by Crippen LogP contribution is -2.29. The van der Waals surface area contributed by atoms with E-state index >= 15 is 0 Å². The zero-order valence-electron chi connectivity index (χ0n) is 20.8. The molecule has 3 aromatic rings. The molecule has 0 saturated carbocycles. The number of hydrogen-bond acceptors (Lipinski definition) is 5. The first-order chi connectivity index (χ1) is 17.1. The molecule has 0 spiro atoms. The fourth-order valence-corrected chi connectivity index (χ4v) is 4.59. The summed E-state index contributed by atoms with van der Waals surface area (Å²) in [5.74, 6) is -1.36. The van der Waals surface area contributed by atoms with Crippen LogP contribution in [0.3, 0.4) is 0 Å². The van der Waals surface area contributed by atoms with Crippen molar-refractivity contribution in [3.8, 4) is 11.5 Å². The Labute approximate surface area is 215 Å². The van der Waals surface area contributed by atoms with Crippen molar-refractivity contribution in [3.05, 3.63) is 94.0 Å². The van der Waals surface area contributed by atoms with Crippen molar-refractivity contribution in [2.75, 3.05) is 19.1 Å². The summed E-state index contributed by atoms with van der Waals surface area (Å²) in [4.78, 5) is 28.3. The summed E-state index contributed by atoms with van der Waals surface area (Å²) >= 11 is 6.24. The molecule has 1 atom stereocenters. The third-order valence-electron chi connectivity index (χ3n) is 6.30. The van der Waals surface area contributed by atoms with Gasteiger partial charge in [0.05, 0.1) is 36.4 Å². The lowest BCUT2D eigenvalue weighted by atomic mass is 9.87. The third-order valence-corrected chi connectivity index (χ3v) is 6.60. The van der Waals surface area contributed by atoms with Gasteiger partial charge in [0.1, 0.15) is 17.3 Å². The molecule has 0 radical (unpaired) electrons. The van der Waals surface area contributed by atoms with Gasteiger partial charge in [0.25, 0.3) is 11.7 Å². The van der Waals surface area contributed by atoms with E-state index in [-0.39, 0.29) is 33.1 Å². The minimum absolute atomic E-state index is 0.0474. The summed E-state index contributed by atoms with van der Waals surface area (Å²) in [5, 5.41) is 11.8. The predicted octanol–water partition coefficient (Wildman–Crippen LogP) is 6.28. The highest BCUT2D eigenvalue weighted by Gasteiger charge is 2.47. The maximum absolute atomic E-state index is 13.4. The molecule has 7 heteroatoms. The van der Waals surface area contributed by atoms with Gasteiger partial charge in [0.15, 0.2) is 0 Å². The zero-order valence-corrected chi connectivity index (χ0v) is 21.6. The first-order valence-electron chi connectivity index (χ1n) is 11.5. The van der Waals surface area contributed by atoms with E-state index in [0.717, 1.165) is 5.56 Å². The van der Waals surface area contributed by atoms with Gasteiger partial charge in [-0.15, -0.1) is 0 Å². The number of nitrogens with zero attached hydrogens (tertiary/aromatic N) is 1. The Morgan fingerprint density at radius 3 is 2.08 bits per heavy atom. The molecule has 186 valence electrons. The zero-order chi connectivity index (χ0) is 26.2. The number of Topliss-reactive ketones (excluding diaryl/α,β-unsaturated/α-hetero) is 1. The maximum Gasteiger partial charge on any atom is 0.300 e. The van der Waals surface area contributed by atoms with Gasteiger partial charge < -0.3 is 14.6 Å². The van der Waals surface area contributed by atoms with Gasteiger partial charge in [-0.05, 0) is 34.7 Å². The fourth-order valence-electron chi connectivity index (χ4n) is 4.36. The van der Waals surface area contributed by atoms with Crippen LogP contribution in [0.2, 0.25) is 5.02 Å². The first-order valence-corrected chi connectivity index (χ1v) is 11.8. The monoisotopic (exact) mass is 505 g/mol. The Hall–Kier alpha value is -3.77. The van der Waals surface area contributed by atoms with Gasteiger partial charge in [-0.2, -0.15) is 0 Å². The van der Waals surface area contributed by atoms with Crippen LogP contribution < -0.4 is 14.4 Å². The van der Waals surface area contributed by atoms with Crippen LogP contribution in [0.4, 0.5) is 5.69 Å². The maximum atomic E-state index is 13.4. The standard InChI is InChI=1S/C29H28ClNO5/c1-29(2,3)18-11-13-19(14-12-18)31-25(17-9-7-6-8-10-17)24(27(33)28(31)34)26(32)20-15-23(36-5)21(30)16-22(20)35-4/h6-16,25,32H,1-5H3/b26-24+. The summed E-state index contributed by atoms with van der Waals surface area (Å²) in [5.41, 5.74) is 2.40. The highest BCUT2D eigenvalue weighted by atomic mass is 35.5. The second kappa shape index (κ2) is 9.70. The first kappa shape index (κ1) is 25.3. The van der Waals surface area contributed by atoms with Crippen LogP contribution in [0.25, 0.3) is 5.76 Å². The molecule has 1 unspecified atom stereocenters. The molecule has 1 amide bonds. The van der Waals surface area contributed by atoms with E-state index in [2.05, 4.69) is 20.8 Å². The Morgan fingerprint density at radius 1 is 0.917 bits per heavy atom. The summed E-state index contributed by atoms with van der Waals surface area (Å²) in [6.07, 6.45) is 0. The SMILES string of the molecule is COc1cc(/C(O)=C2\C(=O)C(=O)N(c3ccc(C(C)(C)C)cc3)C2c2ccccc2)c(OC)cc1Cl. The van der Waals surface area contributed by atoms with E-state index in [1.165, 1.54) is 31.3 Å². The highest BCUT2D eigenvalue weighted by molar-refractivity contribution is 6.51. The van der Waals surface area contributed by atoms with Crippen LogP contribution in [-0.2, 0) is 15.0 Å². The molecule has 0 aliphatic carbocycles. The van der Waals surface area contributed by atoms with Crippen molar-refractivity contribution in [1.82, 2.24) is 0 Å². The van der Waals surface area contributed by atoms with Crippen LogP contribution in [0, 0.1) is 0 Å². The number of halogens is 1. The number of amides is 1. The quantitative estimate of drug-likeness (QED) is 0.251. The number of aliphatic hydroxyl groups is 1. The van der Waals surface area contributed by atoms with Crippen molar-refractivity contribution in [1.29, 1.82) is 0 Å². The smallest absolute Gasteiger partial charge is 0.300 e. The molecule has 1 aliphatic rings. The van der Waals surface area contributed by atoms with E-state index in [4.69, 9.17) is 21.1 Å². The molecule has 1 heterocycles. The van der Waals surface area contributed by atoms with E-state index in [0.29, 0.717) is 17.0 Å². The highest BCUT2D eigenvalue weighted by Crippen LogP contribution is 2.45. The van der Waals surface area contributed by atoms with Gasteiger partial charge in [0, 0.05) is 11.8 Å². The molecule has 36 heavy (non-hydrogen) atoms. The Kier molecular flexibility index (Phi) is 6.83. The molecule has 0 bridgehead atoms. The lowest BCUT2D eigenvalue weighted by Gasteiger charge is -2.27. The Balaban J connectivity index is 1.94. The third kappa shape index (κ3) is 4.44. The molecule has 0 aromatic heterocycles. The molecule has 3 aromatic carbocycles. The number of rotatable bonds is 5. The van der Waals surface area contributed by atoms with Crippen LogP contribution in [0.1, 0.15) is 43.5 Å². The van der Waals surface area contributed by atoms with Gasteiger partial charge >= 0.3 is 0 Å². The van der Waals surface area contributed by atoms with E-state index < -0.39 is 17.7 Å². The van der Waals surface area contributed by atoms with E-state index in [1.54, 1.807) is 0 Å². The van der Waals surface area contributed by atoms with Crippen molar-refractivity contribution >= 4 is 34.7 Å². The average Bonchev–Trinajstić information content (AvgIpc) is 3.13.